The largest absolute Gasteiger partial charge is 0.348 e. The van der Waals surface area contributed by atoms with E-state index in [1.807, 2.05) is 21.1 Å². The lowest BCUT2D eigenvalue weighted by Crippen LogP contribution is -2.12. The Balaban J connectivity index is 2.81. The third-order valence-electron chi connectivity index (χ3n) is 0.494. The summed E-state index contributed by atoms with van der Waals surface area (Å²) in [6.07, 6.45) is 1.88. The molecule has 34 valence electrons. The van der Waals surface area contributed by atoms with Gasteiger partial charge in [0.15, 0.2) is 7.98 Å². The summed E-state index contributed by atoms with van der Waals surface area (Å²) in [6, 6.07) is 0. The van der Waals surface area contributed by atoms with Crippen LogP contribution >= 0.6 is 0 Å². The van der Waals surface area contributed by atoms with Crippen LogP contribution in [0, 0.1) is 0 Å². The SMILES string of the molecule is BN(C)CC=C. The van der Waals surface area contributed by atoms with Gasteiger partial charge < -0.3 is 4.81 Å². The molecule has 0 amide bonds. The van der Waals surface area contributed by atoms with Crippen molar-refractivity contribution in [3.05, 3.63) is 12.7 Å². The van der Waals surface area contributed by atoms with Crippen molar-refractivity contribution in [1.82, 2.24) is 4.81 Å². The first-order chi connectivity index (χ1) is 2.77. The standard InChI is InChI=1S/C4H10BN/c1-3-4-6(2)5/h3H,1,4-5H2,2H3. The van der Waals surface area contributed by atoms with Gasteiger partial charge in [-0.1, -0.05) is 6.08 Å². The van der Waals surface area contributed by atoms with Crippen molar-refractivity contribution in [1.29, 1.82) is 0 Å². The van der Waals surface area contributed by atoms with Crippen LogP contribution in [-0.2, 0) is 0 Å². The van der Waals surface area contributed by atoms with Gasteiger partial charge in [-0.2, -0.15) is 0 Å². The molecule has 0 aliphatic rings. The molecule has 2 heteroatoms. The van der Waals surface area contributed by atoms with Crippen LogP contribution in [0.4, 0.5) is 0 Å². The molecule has 0 aliphatic carbocycles. The molecule has 0 saturated heterocycles. The number of nitrogens with zero attached hydrogens (tertiary/aromatic N) is 1. The maximum Gasteiger partial charge on any atom is 0.185 e. The van der Waals surface area contributed by atoms with E-state index in [2.05, 4.69) is 11.4 Å². The molecule has 0 unspecified atom stereocenters. The average Bonchev–Trinajstić information content (AvgIpc) is 1.35. The summed E-state index contributed by atoms with van der Waals surface area (Å²) >= 11 is 0. The molecule has 0 heterocycles. The van der Waals surface area contributed by atoms with Crippen molar-refractivity contribution < 1.29 is 0 Å². The zero-order valence-electron chi connectivity index (χ0n) is 4.44. The van der Waals surface area contributed by atoms with Crippen LogP contribution in [0.25, 0.3) is 0 Å². The van der Waals surface area contributed by atoms with Gasteiger partial charge in [0.25, 0.3) is 0 Å². The fourth-order valence-corrected chi connectivity index (χ4v) is 0.258. The van der Waals surface area contributed by atoms with Crippen molar-refractivity contribution >= 4 is 7.98 Å². The van der Waals surface area contributed by atoms with E-state index in [9.17, 15) is 0 Å². The Morgan fingerprint density at radius 3 is 2.50 bits per heavy atom. The predicted octanol–water partition coefficient (Wildman–Crippen LogP) is -0.348. The molecule has 0 bridgehead atoms. The van der Waals surface area contributed by atoms with E-state index >= 15 is 0 Å². The monoisotopic (exact) mass is 83.1 g/mol. The molecule has 0 rings (SSSR count). The molecule has 0 fully saturated rings. The van der Waals surface area contributed by atoms with Crippen molar-refractivity contribution in [3.8, 4) is 0 Å². The molecule has 0 aromatic carbocycles. The highest BCUT2D eigenvalue weighted by molar-refractivity contribution is 6.04. The topological polar surface area (TPSA) is 3.24 Å². The van der Waals surface area contributed by atoms with Gasteiger partial charge in [0, 0.05) is 6.54 Å². The van der Waals surface area contributed by atoms with Gasteiger partial charge in [-0.05, 0) is 7.05 Å². The second-order valence-corrected chi connectivity index (χ2v) is 1.55. The summed E-state index contributed by atoms with van der Waals surface area (Å²) in [5.41, 5.74) is 0. The minimum Gasteiger partial charge on any atom is -0.348 e. The van der Waals surface area contributed by atoms with E-state index in [1.165, 1.54) is 0 Å². The van der Waals surface area contributed by atoms with Crippen molar-refractivity contribution in [2.75, 3.05) is 13.6 Å². The lowest BCUT2D eigenvalue weighted by molar-refractivity contribution is 0.614. The van der Waals surface area contributed by atoms with E-state index in [0.29, 0.717) is 0 Å². The third kappa shape index (κ3) is 3.76. The van der Waals surface area contributed by atoms with Crippen LogP contribution in [0.2, 0.25) is 0 Å². The highest BCUT2D eigenvalue weighted by atomic mass is 15.0. The Morgan fingerprint density at radius 1 is 2.00 bits per heavy atom. The highest BCUT2D eigenvalue weighted by Gasteiger charge is 1.76. The second-order valence-electron chi connectivity index (χ2n) is 1.55. The van der Waals surface area contributed by atoms with E-state index in [-0.39, 0.29) is 0 Å². The van der Waals surface area contributed by atoms with Crippen LogP contribution < -0.4 is 0 Å². The van der Waals surface area contributed by atoms with Gasteiger partial charge in [0.05, 0.1) is 0 Å². The number of rotatable bonds is 2. The minimum atomic E-state index is 0.972. The Kier molecular flexibility index (Phi) is 2.86. The molecule has 0 spiro atoms. The number of likely N-dealkylation sites (N-methyl/N-ethyl adjacent to an activating group) is 1. The lowest BCUT2D eigenvalue weighted by atomic mass is 10.3. The third-order valence-corrected chi connectivity index (χ3v) is 0.494. The van der Waals surface area contributed by atoms with Gasteiger partial charge in [0.2, 0.25) is 0 Å². The zero-order chi connectivity index (χ0) is 4.99. The Hall–Kier alpha value is -0.235. The first kappa shape index (κ1) is 5.76. The van der Waals surface area contributed by atoms with E-state index in [0.717, 1.165) is 6.54 Å². The lowest BCUT2D eigenvalue weighted by Gasteiger charge is -2.01. The van der Waals surface area contributed by atoms with Crippen molar-refractivity contribution in [3.63, 3.8) is 0 Å². The molecular weight excluding hydrogens is 72.9 g/mol. The maximum absolute atomic E-state index is 3.56. The normalized spacial score (nSPS) is 9.00. The van der Waals surface area contributed by atoms with Gasteiger partial charge in [-0.25, -0.2) is 0 Å². The van der Waals surface area contributed by atoms with Gasteiger partial charge in [-0.3, -0.25) is 0 Å². The molecule has 0 saturated carbocycles. The molecule has 0 aliphatic heterocycles. The molecule has 0 aromatic rings. The molecule has 1 nitrogen and oxygen atoms in total. The quantitative estimate of drug-likeness (QED) is 0.326. The van der Waals surface area contributed by atoms with Crippen molar-refractivity contribution in [2.24, 2.45) is 0 Å². The van der Waals surface area contributed by atoms with E-state index < -0.39 is 0 Å². The molecular formula is C4H10BN. The zero-order valence-corrected chi connectivity index (χ0v) is 4.44. The highest BCUT2D eigenvalue weighted by Crippen LogP contribution is 1.67. The van der Waals surface area contributed by atoms with Crippen molar-refractivity contribution in [2.45, 2.75) is 0 Å². The van der Waals surface area contributed by atoms with E-state index in [1.54, 1.807) is 0 Å². The fourth-order valence-electron chi connectivity index (χ4n) is 0.258. The summed E-state index contributed by atoms with van der Waals surface area (Å²) in [6.45, 7) is 4.53. The molecule has 0 atom stereocenters. The molecule has 6 heavy (non-hydrogen) atoms. The van der Waals surface area contributed by atoms with Crippen LogP contribution in [0.5, 0.6) is 0 Å². The Morgan fingerprint density at radius 2 is 2.50 bits per heavy atom. The number of hydrogen-bond acceptors (Lipinski definition) is 1. The van der Waals surface area contributed by atoms with Gasteiger partial charge >= 0.3 is 0 Å². The summed E-state index contributed by atoms with van der Waals surface area (Å²) in [5, 5.41) is 0. The van der Waals surface area contributed by atoms with Crippen LogP contribution in [0.1, 0.15) is 0 Å². The Bertz CT molecular complexity index is 42.8. The van der Waals surface area contributed by atoms with Gasteiger partial charge in [0.1, 0.15) is 0 Å². The van der Waals surface area contributed by atoms with E-state index in [4.69, 9.17) is 0 Å². The first-order valence-corrected chi connectivity index (χ1v) is 2.03. The first-order valence-electron chi connectivity index (χ1n) is 2.03. The molecule has 0 aromatic heterocycles. The average molecular weight is 82.9 g/mol. The predicted molar refractivity (Wildman–Crippen MR) is 31.4 cm³/mol. The smallest absolute Gasteiger partial charge is 0.185 e. The summed E-state index contributed by atoms with van der Waals surface area (Å²) in [7, 11) is 4.03. The second kappa shape index (κ2) is 2.97. The van der Waals surface area contributed by atoms with Crippen LogP contribution in [-0.4, -0.2) is 26.4 Å². The molecule has 0 N–H and O–H groups in total. The Labute approximate surface area is 40.1 Å². The minimum absolute atomic E-state index is 0.972. The van der Waals surface area contributed by atoms with Gasteiger partial charge in [-0.15, -0.1) is 6.58 Å². The van der Waals surface area contributed by atoms with Crippen LogP contribution in [0.15, 0.2) is 12.7 Å². The fraction of sp³-hybridized carbons (Fsp3) is 0.500. The maximum atomic E-state index is 3.56. The number of hydrogen-bond donors (Lipinski definition) is 0. The summed E-state index contributed by atoms with van der Waals surface area (Å²) < 4.78 is 0. The molecule has 0 radical (unpaired) electrons. The summed E-state index contributed by atoms with van der Waals surface area (Å²) in [5.74, 6) is 0. The van der Waals surface area contributed by atoms with Crippen LogP contribution in [0.3, 0.4) is 0 Å². The summed E-state index contributed by atoms with van der Waals surface area (Å²) in [4.78, 5) is 2.06.